The molecular weight excluding hydrogens is 745 g/mol. The van der Waals surface area contributed by atoms with Crippen LogP contribution < -0.4 is 5.32 Å². The molecule has 0 bridgehead atoms. The molecule has 0 spiro atoms. The highest BCUT2D eigenvalue weighted by Crippen LogP contribution is 2.49. The highest BCUT2D eigenvalue weighted by Gasteiger charge is 2.46. The summed E-state index contributed by atoms with van der Waals surface area (Å²) >= 11 is 1.74. The van der Waals surface area contributed by atoms with E-state index in [1.165, 1.54) is 0 Å². The molecular formula is C53H48N2O3S. The molecule has 7 aromatic carbocycles. The van der Waals surface area contributed by atoms with Gasteiger partial charge >= 0.3 is 5.97 Å². The van der Waals surface area contributed by atoms with Gasteiger partial charge in [0, 0.05) is 12.3 Å². The summed E-state index contributed by atoms with van der Waals surface area (Å²) in [5.41, 5.74) is 6.29. The Morgan fingerprint density at radius 3 is 1.34 bits per heavy atom. The second-order valence-electron chi connectivity index (χ2n) is 14.9. The first kappa shape index (κ1) is 39.6. The predicted octanol–water partition coefficient (Wildman–Crippen LogP) is 10.4. The zero-order valence-corrected chi connectivity index (χ0v) is 33.8. The van der Waals surface area contributed by atoms with Crippen LogP contribution in [0.2, 0.25) is 0 Å². The van der Waals surface area contributed by atoms with Gasteiger partial charge in [-0.15, -0.1) is 11.8 Å². The second kappa shape index (κ2) is 18.6. The Labute approximate surface area is 352 Å². The molecule has 1 saturated heterocycles. The van der Waals surface area contributed by atoms with E-state index in [4.69, 9.17) is 4.74 Å². The van der Waals surface area contributed by atoms with Gasteiger partial charge in [0.2, 0.25) is 5.91 Å². The lowest BCUT2D eigenvalue weighted by molar-refractivity contribution is -0.155. The number of rotatable bonds is 15. The first-order valence-electron chi connectivity index (χ1n) is 20.4. The van der Waals surface area contributed by atoms with Crippen LogP contribution in [0.4, 0.5) is 0 Å². The molecule has 0 saturated carbocycles. The maximum absolute atomic E-state index is 15.7. The first-order chi connectivity index (χ1) is 29.1. The summed E-state index contributed by atoms with van der Waals surface area (Å²) in [6, 6.07) is 71.1. The van der Waals surface area contributed by atoms with E-state index in [2.05, 4.69) is 115 Å². The van der Waals surface area contributed by atoms with Crippen molar-refractivity contribution in [3.05, 3.63) is 251 Å². The number of benzene rings is 7. The Morgan fingerprint density at radius 1 is 0.559 bits per heavy atom. The van der Waals surface area contributed by atoms with Crippen LogP contribution in [0, 0.1) is 0 Å². The van der Waals surface area contributed by atoms with E-state index >= 15 is 4.79 Å². The van der Waals surface area contributed by atoms with Gasteiger partial charge in [0.1, 0.15) is 12.6 Å². The van der Waals surface area contributed by atoms with Crippen LogP contribution in [-0.2, 0) is 31.2 Å². The van der Waals surface area contributed by atoms with E-state index in [1.807, 2.05) is 103 Å². The van der Waals surface area contributed by atoms with Gasteiger partial charge in [-0.3, -0.25) is 10.1 Å². The summed E-state index contributed by atoms with van der Waals surface area (Å²) in [5.74, 6) is -0.140. The van der Waals surface area contributed by atoms with Crippen LogP contribution in [0.5, 0.6) is 0 Å². The monoisotopic (exact) mass is 792 g/mol. The van der Waals surface area contributed by atoms with Gasteiger partial charge in [0.05, 0.1) is 16.3 Å². The van der Waals surface area contributed by atoms with E-state index in [9.17, 15) is 4.79 Å². The van der Waals surface area contributed by atoms with Crippen LogP contribution in [0.25, 0.3) is 0 Å². The smallest absolute Gasteiger partial charge is 0.329 e. The molecule has 8 rings (SSSR count). The van der Waals surface area contributed by atoms with Gasteiger partial charge in [0.25, 0.3) is 0 Å². The van der Waals surface area contributed by atoms with Gasteiger partial charge in [-0.05, 0) is 51.8 Å². The van der Waals surface area contributed by atoms with Gasteiger partial charge in [-0.25, -0.2) is 4.79 Å². The Balaban J connectivity index is 1.26. The molecule has 2 atom stereocenters. The molecule has 294 valence electrons. The number of likely N-dealkylation sites (tertiary alicyclic amines) is 1. The lowest BCUT2D eigenvalue weighted by Crippen LogP contribution is -2.58. The van der Waals surface area contributed by atoms with Crippen LogP contribution in [0.15, 0.2) is 212 Å². The summed E-state index contributed by atoms with van der Waals surface area (Å²) < 4.78 is 5.23. The maximum Gasteiger partial charge on any atom is 0.329 e. The van der Waals surface area contributed by atoms with E-state index in [0.29, 0.717) is 25.1 Å². The summed E-state index contributed by atoms with van der Waals surface area (Å²) in [6.45, 7) is 0.617. The van der Waals surface area contributed by atoms with E-state index < -0.39 is 22.4 Å². The number of esters is 1. The molecule has 0 radical (unpaired) electrons. The molecule has 0 aromatic heterocycles. The molecule has 5 nitrogen and oxygen atoms in total. The molecule has 1 aliphatic heterocycles. The Kier molecular flexibility index (Phi) is 12.5. The third-order valence-electron chi connectivity index (χ3n) is 11.3. The number of carbonyl (C=O) groups is 2. The van der Waals surface area contributed by atoms with Crippen LogP contribution in [0.3, 0.4) is 0 Å². The molecule has 1 amide bonds. The average Bonchev–Trinajstić information content (AvgIpc) is 3.82. The SMILES string of the molecule is O=C(OCc1ccccc1)[C@@H]1CCCN1C(=O)[C@@H](CSC(c1ccccc1)(c1ccccc1)c1ccccc1)NC(c1ccccc1)(c1ccccc1)c1ccccc1. The van der Waals surface area contributed by atoms with Crippen molar-refractivity contribution in [2.75, 3.05) is 12.3 Å². The third kappa shape index (κ3) is 8.38. The zero-order valence-electron chi connectivity index (χ0n) is 33.0. The van der Waals surface area contributed by atoms with Crippen molar-refractivity contribution in [1.29, 1.82) is 0 Å². The maximum atomic E-state index is 15.7. The van der Waals surface area contributed by atoms with Crippen molar-refractivity contribution in [3.8, 4) is 0 Å². The summed E-state index contributed by atoms with van der Waals surface area (Å²) in [4.78, 5) is 31.4. The molecule has 59 heavy (non-hydrogen) atoms. The van der Waals surface area contributed by atoms with Crippen molar-refractivity contribution >= 4 is 23.6 Å². The van der Waals surface area contributed by atoms with Gasteiger partial charge in [0.15, 0.2) is 0 Å². The standard InChI is InChI=1S/C53H48N2O3S/c56-50(55-38-22-37-49(55)51(57)58-39-41-23-8-1-9-24-41)48(54-52(42-25-10-2-11-26-42,43-27-12-3-13-28-43)44-29-14-4-15-30-44)40-59-53(45-31-16-5-17-32-45,46-33-18-6-19-34-46)47-35-20-7-21-36-47/h1-21,23-36,48-49,54H,22,37-40H2/t48-,49+/m1/s1. The Morgan fingerprint density at radius 2 is 0.932 bits per heavy atom. The number of nitrogens with one attached hydrogen (secondary N) is 1. The lowest BCUT2D eigenvalue weighted by Gasteiger charge is -2.42. The highest BCUT2D eigenvalue weighted by molar-refractivity contribution is 8.00. The number of hydrogen-bond acceptors (Lipinski definition) is 5. The fourth-order valence-electron chi connectivity index (χ4n) is 8.53. The van der Waals surface area contributed by atoms with Crippen molar-refractivity contribution in [1.82, 2.24) is 10.2 Å². The highest BCUT2D eigenvalue weighted by atomic mass is 32.2. The van der Waals surface area contributed by atoms with Crippen molar-refractivity contribution in [2.45, 2.75) is 41.8 Å². The second-order valence-corrected chi connectivity index (χ2v) is 16.2. The summed E-state index contributed by atoms with van der Waals surface area (Å²) in [7, 11) is 0. The molecule has 6 heteroatoms. The lowest BCUT2D eigenvalue weighted by atomic mass is 9.76. The molecule has 1 aliphatic rings. The van der Waals surface area contributed by atoms with Crippen molar-refractivity contribution in [2.24, 2.45) is 0 Å². The quantitative estimate of drug-likeness (QED) is 0.0828. The molecule has 7 aromatic rings. The zero-order chi connectivity index (χ0) is 40.3. The number of carbonyl (C=O) groups excluding carboxylic acids is 2. The minimum absolute atomic E-state index is 0.132. The van der Waals surface area contributed by atoms with Gasteiger partial charge in [-0.2, -0.15) is 0 Å². The van der Waals surface area contributed by atoms with Crippen LogP contribution in [-0.4, -0.2) is 41.2 Å². The molecule has 0 unspecified atom stereocenters. The third-order valence-corrected chi connectivity index (χ3v) is 13.0. The minimum atomic E-state index is -0.942. The van der Waals surface area contributed by atoms with Crippen LogP contribution in [0.1, 0.15) is 51.8 Å². The number of hydrogen-bond donors (Lipinski definition) is 1. The molecule has 1 N–H and O–H groups in total. The summed E-state index contributed by atoms with van der Waals surface area (Å²) in [5, 5.41) is 4.07. The molecule has 1 heterocycles. The number of amides is 1. The first-order valence-corrected chi connectivity index (χ1v) is 21.3. The van der Waals surface area contributed by atoms with E-state index in [1.54, 1.807) is 16.7 Å². The Bertz CT molecular complexity index is 2190. The number of thioether (sulfide) groups is 1. The largest absolute Gasteiger partial charge is 0.459 e. The Hall–Kier alpha value is -6.21. The molecule has 0 aliphatic carbocycles. The van der Waals surface area contributed by atoms with E-state index in [-0.39, 0.29) is 18.5 Å². The van der Waals surface area contributed by atoms with Crippen molar-refractivity contribution < 1.29 is 14.3 Å². The van der Waals surface area contributed by atoms with Crippen molar-refractivity contribution in [3.63, 3.8) is 0 Å². The van der Waals surface area contributed by atoms with E-state index in [0.717, 1.165) is 38.9 Å². The number of nitrogens with zero attached hydrogens (tertiary/aromatic N) is 1. The van der Waals surface area contributed by atoms with Gasteiger partial charge in [-0.1, -0.05) is 212 Å². The molecule has 1 fully saturated rings. The minimum Gasteiger partial charge on any atom is -0.459 e. The topological polar surface area (TPSA) is 58.6 Å². The van der Waals surface area contributed by atoms with Gasteiger partial charge < -0.3 is 9.64 Å². The summed E-state index contributed by atoms with van der Waals surface area (Å²) in [6.07, 6.45) is 1.25. The fraction of sp³-hybridized carbons (Fsp3) is 0.170. The number of ether oxygens (including phenoxy) is 1. The normalized spacial score (nSPS) is 14.7. The average molecular weight is 793 g/mol. The fourth-order valence-corrected chi connectivity index (χ4v) is 10.1. The predicted molar refractivity (Wildman–Crippen MR) is 239 cm³/mol. The van der Waals surface area contributed by atoms with Crippen LogP contribution >= 0.6 is 11.8 Å².